The van der Waals surface area contributed by atoms with Gasteiger partial charge in [0.15, 0.2) is 12.4 Å². The molecule has 2 amide bonds. The topological polar surface area (TPSA) is 155 Å². The van der Waals surface area contributed by atoms with Crippen LogP contribution in [0.2, 0.25) is 0 Å². The van der Waals surface area contributed by atoms with E-state index in [9.17, 15) is 14.4 Å². The highest BCUT2D eigenvalue weighted by Gasteiger charge is 2.20. The van der Waals surface area contributed by atoms with Gasteiger partial charge in [0.2, 0.25) is 5.91 Å². The molecule has 0 bridgehead atoms. The fourth-order valence-electron chi connectivity index (χ4n) is 2.91. The van der Waals surface area contributed by atoms with E-state index in [4.69, 9.17) is 10.5 Å². The van der Waals surface area contributed by atoms with Crippen LogP contribution in [0.25, 0.3) is 0 Å². The quantitative estimate of drug-likeness (QED) is 0.224. The number of amides is 2. The number of nitrogens with one attached hydrogen (secondary N) is 2. The van der Waals surface area contributed by atoms with E-state index in [-0.39, 0.29) is 18.8 Å². The third-order valence-electron chi connectivity index (χ3n) is 4.60. The Morgan fingerprint density at radius 2 is 1.74 bits per heavy atom. The molecule has 0 aliphatic carbocycles. The number of aromatic amines is 1. The average Bonchev–Trinajstić information content (AvgIpc) is 3.34. The lowest BCUT2D eigenvalue weighted by atomic mass is 10.0. The molecule has 34 heavy (non-hydrogen) atoms. The van der Waals surface area contributed by atoms with E-state index in [0.29, 0.717) is 28.3 Å². The van der Waals surface area contributed by atoms with Gasteiger partial charge in [0.25, 0.3) is 5.91 Å². The van der Waals surface area contributed by atoms with E-state index in [1.165, 1.54) is 6.33 Å². The molecule has 3 rings (SSSR count). The molecular formula is C23H25N7O4. The zero-order valence-corrected chi connectivity index (χ0v) is 18.8. The molecule has 1 aromatic heterocycles. The van der Waals surface area contributed by atoms with Crippen LogP contribution in [0.5, 0.6) is 5.75 Å². The van der Waals surface area contributed by atoms with Crippen LogP contribution in [0.15, 0.2) is 71.4 Å². The number of nitrogens with two attached hydrogens (primary N) is 1. The lowest BCUT2D eigenvalue weighted by molar-refractivity contribution is -0.128. The molecule has 0 aliphatic heterocycles. The SMILES string of the molecule is CN(C)/N=N/c1ccc(C(=O)c2ccc(OCC(=O)NC(Cc3c[nH]cn3)C(N)=O)cc2)cc1. The van der Waals surface area contributed by atoms with Crippen LogP contribution in [0, 0.1) is 0 Å². The summed E-state index contributed by atoms with van der Waals surface area (Å²) in [6.45, 7) is -0.319. The number of hydrogen-bond acceptors (Lipinski definition) is 7. The van der Waals surface area contributed by atoms with Crippen LogP contribution < -0.4 is 15.8 Å². The Morgan fingerprint density at radius 3 is 2.29 bits per heavy atom. The Kier molecular flexibility index (Phi) is 8.06. The maximum absolute atomic E-state index is 12.7. The van der Waals surface area contributed by atoms with Gasteiger partial charge in [-0.05, 0) is 48.5 Å². The first-order valence-corrected chi connectivity index (χ1v) is 10.3. The molecule has 0 aliphatic rings. The number of carbonyl (C=O) groups is 3. The standard InChI is InChI=1S/C23H25N7O4/c1-30(2)29-28-17-7-3-15(4-8-17)22(32)16-5-9-19(10-6-16)34-13-21(31)27-20(23(24)33)11-18-12-25-14-26-18/h3-10,12,14,20H,11,13H2,1-2H3,(H2,24,33)(H,25,26)(H,27,31)/b29-28+. The Labute approximate surface area is 196 Å². The molecule has 2 aromatic carbocycles. The van der Waals surface area contributed by atoms with Gasteiger partial charge < -0.3 is 20.8 Å². The number of aromatic nitrogens is 2. The Morgan fingerprint density at radius 1 is 1.09 bits per heavy atom. The highest BCUT2D eigenvalue weighted by Crippen LogP contribution is 2.18. The summed E-state index contributed by atoms with van der Waals surface area (Å²) in [5, 5.41) is 12.0. The van der Waals surface area contributed by atoms with Crippen molar-refractivity contribution in [3.63, 3.8) is 0 Å². The average molecular weight is 463 g/mol. The van der Waals surface area contributed by atoms with Gasteiger partial charge >= 0.3 is 0 Å². The van der Waals surface area contributed by atoms with Crippen LogP contribution in [0.4, 0.5) is 5.69 Å². The van der Waals surface area contributed by atoms with Crippen molar-refractivity contribution in [3.05, 3.63) is 77.9 Å². The minimum absolute atomic E-state index is 0.164. The summed E-state index contributed by atoms with van der Waals surface area (Å²) < 4.78 is 5.46. The summed E-state index contributed by atoms with van der Waals surface area (Å²) in [6.07, 6.45) is 3.26. The van der Waals surface area contributed by atoms with Gasteiger partial charge in [-0.2, -0.15) is 0 Å². The Hall–Kier alpha value is -4.54. The predicted molar refractivity (Wildman–Crippen MR) is 123 cm³/mol. The first-order valence-electron chi connectivity index (χ1n) is 10.3. The molecule has 0 radical (unpaired) electrons. The zero-order chi connectivity index (χ0) is 24.5. The van der Waals surface area contributed by atoms with Crippen molar-refractivity contribution in [2.75, 3.05) is 20.7 Å². The first-order chi connectivity index (χ1) is 16.3. The van der Waals surface area contributed by atoms with Crippen molar-refractivity contribution in [1.82, 2.24) is 20.3 Å². The van der Waals surface area contributed by atoms with Crippen molar-refractivity contribution in [1.29, 1.82) is 0 Å². The fourth-order valence-corrected chi connectivity index (χ4v) is 2.91. The van der Waals surface area contributed by atoms with E-state index in [0.717, 1.165) is 0 Å². The zero-order valence-electron chi connectivity index (χ0n) is 18.8. The van der Waals surface area contributed by atoms with Crippen molar-refractivity contribution < 1.29 is 19.1 Å². The monoisotopic (exact) mass is 463 g/mol. The molecule has 0 saturated heterocycles. The highest BCUT2D eigenvalue weighted by atomic mass is 16.5. The van der Waals surface area contributed by atoms with Crippen molar-refractivity contribution in [2.45, 2.75) is 12.5 Å². The van der Waals surface area contributed by atoms with Gasteiger partial charge in [-0.25, -0.2) is 4.98 Å². The van der Waals surface area contributed by atoms with Crippen LogP contribution in [-0.2, 0) is 16.0 Å². The van der Waals surface area contributed by atoms with Gasteiger partial charge in [-0.3, -0.25) is 19.4 Å². The smallest absolute Gasteiger partial charge is 0.258 e. The second-order valence-corrected chi connectivity index (χ2v) is 7.51. The van der Waals surface area contributed by atoms with Gasteiger partial charge in [-0.15, -0.1) is 5.11 Å². The van der Waals surface area contributed by atoms with Crippen molar-refractivity contribution in [2.24, 2.45) is 16.1 Å². The number of hydrogen-bond donors (Lipinski definition) is 3. The molecule has 4 N–H and O–H groups in total. The minimum atomic E-state index is -0.907. The number of carbonyl (C=O) groups excluding carboxylic acids is 3. The molecule has 1 heterocycles. The maximum atomic E-state index is 12.7. The predicted octanol–water partition coefficient (Wildman–Crippen LogP) is 1.79. The third kappa shape index (κ3) is 6.99. The van der Waals surface area contributed by atoms with E-state index in [1.807, 2.05) is 0 Å². The minimum Gasteiger partial charge on any atom is -0.484 e. The molecule has 1 atom stereocenters. The normalized spacial score (nSPS) is 11.7. The summed E-state index contributed by atoms with van der Waals surface area (Å²) in [5.74, 6) is -0.948. The van der Waals surface area contributed by atoms with Crippen LogP contribution in [0.1, 0.15) is 21.6 Å². The van der Waals surface area contributed by atoms with Crippen LogP contribution in [-0.4, -0.2) is 59.3 Å². The van der Waals surface area contributed by atoms with Gasteiger partial charge in [-0.1, -0.05) is 5.22 Å². The number of ketones is 1. The molecule has 0 saturated carbocycles. The lowest BCUT2D eigenvalue weighted by Gasteiger charge is -2.14. The largest absolute Gasteiger partial charge is 0.484 e. The van der Waals surface area contributed by atoms with Crippen molar-refractivity contribution in [3.8, 4) is 5.75 Å². The number of imidazole rings is 1. The van der Waals surface area contributed by atoms with Crippen LogP contribution in [0.3, 0.4) is 0 Å². The Bertz CT molecular complexity index is 1140. The van der Waals surface area contributed by atoms with Crippen molar-refractivity contribution >= 4 is 23.3 Å². The third-order valence-corrected chi connectivity index (χ3v) is 4.60. The molecule has 0 spiro atoms. The second kappa shape index (κ2) is 11.4. The van der Waals surface area contributed by atoms with Crippen LogP contribution >= 0.6 is 0 Å². The van der Waals surface area contributed by atoms with Gasteiger partial charge in [0, 0.05) is 37.8 Å². The van der Waals surface area contributed by atoms with E-state index >= 15 is 0 Å². The molecular weight excluding hydrogens is 438 g/mol. The molecule has 176 valence electrons. The summed E-state index contributed by atoms with van der Waals surface area (Å²) in [7, 11) is 3.53. The van der Waals surface area contributed by atoms with E-state index < -0.39 is 17.9 Å². The number of primary amides is 1. The number of rotatable bonds is 11. The maximum Gasteiger partial charge on any atom is 0.258 e. The summed E-state index contributed by atoms with van der Waals surface area (Å²) in [6, 6.07) is 12.3. The second-order valence-electron chi connectivity index (χ2n) is 7.51. The number of H-pyrrole nitrogens is 1. The number of benzene rings is 2. The number of ether oxygens (including phenoxy) is 1. The summed E-state index contributed by atoms with van der Waals surface area (Å²) in [5.41, 5.74) is 7.56. The Balaban J connectivity index is 1.53. The fraction of sp³-hybridized carbons (Fsp3) is 0.217. The lowest BCUT2D eigenvalue weighted by Crippen LogP contribution is -2.47. The van der Waals surface area contributed by atoms with Gasteiger partial charge in [0.05, 0.1) is 17.7 Å². The molecule has 3 aromatic rings. The first kappa shape index (κ1) is 24.1. The van der Waals surface area contributed by atoms with Gasteiger partial charge in [0.1, 0.15) is 11.8 Å². The summed E-state index contributed by atoms with van der Waals surface area (Å²) >= 11 is 0. The molecule has 0 fully saturated rings. The van der Waals surface area contributed by atoms with E-state index in [1.54, 1.807) is 73.8 Å². The summed E-state index contributed by atoms with van der Waals surface area (Å²) in [4.78, 5) is 43.3. The molecule has 11 nitrogen and oxygen atoms in total. The molecule has 11 heteroatoms. The molecule has 1 unspecified atom stereocenters. The number of nitrogens with zero attached hydrogens (tertiary/aromatic N) is 4. The highest BCUT2D eigenvalue weighted by molar-refractivity contribution is 6.09. The van der Waals surface area contributed by atoms with E-state index in [2.05, 4.69) is 25.6 Å².